The lowest BCUT2D eigenvalue weighted by Crippen LogP contribution is -2.45. The number of amides is 1. The molecule has 30 heavy (non-hydrogen) atoms. The van der Waals surface area contributed by atoms with Crippen molar-refractivity contribution in [1.82, 2.24) is 4.90 Å². The first-order valence-corrected chi connectivity index (χ1v) is 10.0. The second-order valence-electron chi connectivity index (χ2n) is 7.52. The van der Waals surface area contributed by atoms with Crippen molar-refractivity contribution in [3.8, 4) is 22.9 Å². The lowest BCUT2D eigenvalue weighted by atomic mass is 9.99. The van der Waals surface area contributed by atoms with Crippen LogP contribution in [0.2, 0.25) is 0 Å². The van der Waals surface area contributed by atoms with Crippen LogP contribution in [0, 0.1) is 17.2 Å². The van der Waals surface area contributed by atoms with Crippen LogP contribution in [-0.4, -0.2) is 30.0 Å². The van der Waals surface area contributed by atoms with Crippen LogP contribution in [0.1, 0.15) is 19.8 Å². The average Bonchev–Trinajstić information content (AvgIpc) is 2.78. The molecule has 2 aromatic carbocycles. The summed E-state index contributed by atoms with van der Waals surface area (Å²) >= 11 is 0. The highest BCUT2D eigenvalue weighted by Crippen LogP contribution is 2.30. The van der Waals surface area contributed by atoms with Gasteiger partial charge >= 0.3 is 5.63 Å². The third-order valence-corrected chi connectivity index (χ3v) is 5.38. The molecule has 1 aliphatic rings. The van der Waals surface area contributed by atoms with Crippen molar-refractivity contribution in [3.05, 3.63) is 65.0 Å². The van der Waals surface area contributed by atoms with Gasteiger partial charge in [0.2, 0.25) is 0 Å². The van der Waals surface area contributed by atoms with Crippen LogP contribution in [-0.2, 0) is 4.79 Å². The van der Waals surface area contributed by atoms with E-state index < -0.39 is 11.7 Å². The number of carbonyl (C=O) groups excluding carboxylic acids is 1. The Kier molecular flexibility index (Phi) is 5.53. The Morgan fingerprint density at radius 1 is 1.23 bits per heavy atom. The van der Waals surface area contributed by atoms with Crippen molar-refractivity contribution in [2.75, 3.05) is 13.1 Å². The van der Waals surface area contributed by atoms with E-state index in [0.717, 1.165) is 29.4 Å². The molecule has 1 fully saturated rings. The number of hydrogen-bond acceptors (Lipinski definition) is 5. The van der Waals surface area contributed by atoms with Gasteiger partial charge in [0.25, 0.3) is 5.91 Å². The van der Waals surface area contributed by atoms with Gasteiger partial charge in [0.05, 0.1) is 12.0 Å². The first kappa shape index (κ1) is 19.7. The summed E-state index contributed by atoms with van der Waals surface area (Å²) in [7, 11) is 0. The van der Waals surface area contributed by atoms with Crippen LogP contribution in [0.5, 0.6) is 5.75 Å². The molecule has 1 aromatic heterocycles. The predicted octanol–water partition coefficient (Wildman–Crippen LogP) is 3.99. The summed E-state index contributed by atoms with van der Waals surface area (Å²) in [5.41, 5.74) is 1.66. The van der Waals surface area contributed by atoms with Crippen molar-refractivity contribution < 1.29 is 13.9 Å². The second-order valence-corrected chi connectivity index (χ2v) is 7.52. The Bertz CT molecular complexity index is 1160. The van der Waals surface area contributed by atoms with Crippen molar-refractivity contribution in [2.24, 2.45) is 5.92 Å². The lowest BCUT2D eigenvalue weighted by Gasteiger charge is -2.31. The molecule has 0 aliphatic carbocycles. The topological polar surface area (TPSA) is 83.5 Å². The van der Waals surface area contributed by atoms with Gasteiger partial charge in [-0.1, -0.05) is 30.3 Å². The van der Waals surface area contributed by atoms with E-state index in [1.54, 1.807) is 24.0 Å². The summed E-state index contributed by atoms with van der Waals surface area (Å²) < 4.78 is 11.2. The maximum absolute atomic E-state index is 12.7. The molecule has 1 aliphatic heterocycles. The maximum Gasteiger partial charge on any atom is 0.336 e. The number of likely N-dealkylation sites (tertiary alicyclic amines) is 1. The average molecular weight is 402 g/mol. The van der Waals surface area contributed by atoms with Gasteiger partial charge in [0.1, 0.15) is 11.3 Å². The molecule has 0 N–H and O–H groups in total. The molecule has 3 aromatic rings. The van der Waals surface area contributed by atoms with Crippen molar-refractivity contribution in [1.29, 1.82) is 5.26 Å². The molecule has 2 unspecified atom stereocenters. The third kappa shape index (κ3) is 4.06. The van der Waals surface area contributed by atoms with Crippen LogP contribution in [0.15, 0.2) is 63.8 Å². The van der Waals surface area contributed by atoms with E-state index in [4.69, 9.17) is 14.4 Å². The number of ether oxygens (including phenoxy) is 1. The van der Waals surface area contributed by atoms with Crippen LogP contribution < -0.4 is 10.4 Å². The summed E-state index contributed by atoms with van der Waals surface area (Å²) in [4.78, 5) is 26.5. The number of nitriles is 1. The Labute approximate surface area is 174 Å². The molecule has 6 heteroatoms. The molecule has 1 saturated heterocycles. The highest BCUT2D eigenvalue weighted by Gasteiger charge is 2.27. The molecule has 2 atom stereocenters. The van der Waals surface area contributed by atoms with Gasteiger partial charge < -0.3 is 14.1 Å². The smallest absolute Gasteiger partial charge is 0.336 e. The molecule has 0 bridgehead atoms. The molecule has 0 radical (unpaired) electrons. The second kappa shape index (κ2) is 8.42. The zero-order chi connectivity index (χ0) is 21.1. The number of fused-ring (bicyclic) bond motifs is 1. The predicted molar refractivity (Wildman–Crippen MR) is 113 cm³/mol. The summed E-state index contributed by atoms with van der Waals surface area (Å²) in [5, 5.41) is 9.93. The van der Waals surface area contributed by atoms with Gasteiger partial charge in [0.15, 0.2) is 6.10 Å². The molecular formula is C24H22N2O4. The highest BCUT2D eigenvalue weighted by atomic mass is 16.5. The van der Waals surface area contributed by atoms with E-state index in [0.29, 0.717) is 24.4 Å². The zero-order valence-corrected chi connectivity index (χ0v) is 16.7. The minimum atomic E-state index is -0.705. The van der Waals surface area contributed by atoms with Crippen LogP contribution in [0.3, 0.4) is 0 Å². The highest BCUT2D eigenvalue weighted by molar-refractivity contribution is 5.93. The Hall–Kier alpha value is -3.59. The number of nitrogens with zero attached hydrogens (tertiary/aromatic N) is 2. The summed E-state index contributed by atoms with van der Waals surface area (Å²) in [6.07, 6.45) is 0.937. The molecule has 2 heterocycles. The van der Waals surface area contributed by atoms with Crippen LogP contribution in [0.4, 0.5) is 0 Å². The minimum Gasteiger partial charge on any atom is -0.481 e. The van der Waals surface area contributed by atoms with Crippen molar-refractivity contribution >= 4 is 16.9 Å². The number of carbonyl (C=O) groups is 1. The summed E-state index contributed by atoms with van der Waals surface area (Å²) in [5.74, 6) is 0.182. The van der Waals surface area contributed by atoms with Gasteiger partial charge in [-0.3, -0.25) is 4.79 Å². The van der Waals surface area contributed by atoms with Gasteiger partial charge in [0, 0.05) is 30.6 Å². The summed E-state index contributed by atoms with van der Waals surface area (Å²) in [6.45, 7) is 2.77. The number of hydrogen-bond donors (Lipinski definition) is 0. The molecule has 4 rings (SSSR count). The number of piperidine rings is 1. The molecule has 0 saturated carbocycles. The first-order chi connectivity index (χ1) is 14.5. The molecular weight excluding hydrogens is 380 g/mol. The quantitative estimate of drug-likeness (QED) is 0.616. The van der Waals surface area contributed by atoms with Gasteiger partial charge in [-0.25, -0.2) is 4.79 Å². The minimum absolute atomic E-state index is 0.124. The van der Waals surface area contributed by atoms with Crippen molar-refractivity contribution in [2.45, 2.75) is 25.9 Å². The fourth-order valence-corrected chi connectivity index (χ4v) is 3.87. The van der Waals surface area contributed by atoms with E-state index in [1.165, 1.54) is 6.07 Å². The monoisotopic (exact) mass is 402 g/mol. The largest absolute Gasteiger partial charge is 0.481 e. The Morgan fingerprint density at radius 3 is 2.80 bits per heavy atom. The van der Waals surface area contributed by atoms with E-state index in [9.17, 15) is 9.59 Å². The van der Waals surface area contributed by atoms with Crippen LogP contribution >= 0.6 is 0 Å². The standard InChI is InChI=1S/C24H22N2O4/c1-16(24(28)26-11-5-6-17(14-25)15-26)29-19-9-10-20-21(18-7-3-2-4-8-18)13-23(27)30-22(20)12-19/h2-4,7-10,12-13,16-17H,5-6,11,15H2,1H3. The first-order valence-electron chi connectivity index (χ1n) is 10.0. The number of rotatable bonds is 4. The maximum atomic E-state index is 12.7. The van der Waals surface area contributed by atoms with Crippen LogP contribution in [0.25, 0.3) is 22.1 Å². The van der Waals surface area contributed by atoms with E-state index in [1.807, 2.05) is 36.4 Å². The molecule has 6 nitrogen and oxygen atoms in total. The van der Waals surface area contributed by atoms with Crippen molar-refractivity contribution in [3.63, 3.8) is 0 Å². The lowest BCUT2D eigenvalue weighted by molar-refractivity contribution is -0.139. The van der Waals surface area contributed by atoms with E-state index in [-0.39, 0.29) is 11.8 Å². The third-order valence-electron chi connectivity index (χ3n) is 5.38. The fourth-order valence-electron chi connectivity index (χ4n) is 3.87. The van der Waals surface area contributed by atoms with E-state index >= 15 is 0 Å². The molecule has 0 spiro atoms. The SMILES string of the molecule is CC(Oc1ccc2c(-c3ccccc3)cc(=O)oc2c1)C(=O)N1CCCC(C#N)C1. The van der Waals surface area contributed by atoms with Gasteiger partial charge in [-0.2, -0.15) is 5.26 Å². The normalized spacial score (nSPS) is 17.3. The Balaban J connectivity index is 1.57. The Morgan fingerprint density at radius 2 is 2.03 bits per heavy atom. The molecule has 152 valence electrons. The van der Waals surface area contributed by atoms with Gasteiger partial charge in [-0.15, -0.1) is 0 Å². The van der Waals surface area contributed by atoms with E-state index in [2.05, 4.69) is 6.07 Å². The molecule has 1 amide bonds. The number of benzene rings is 2. The zero-order valence-electron chi connectivity index (χ0n) is 16.7. The fraction of sp³-hybridized carbons (Fsp3) is 0.292. The summed E-state index contributed by atoms with van der Waals surface area (Å²) in [6, 6.07) is 18.6. The van der Waals surface area contributed by atoms with Gasteiger partial charge in [-0.05, 0) is 43.0 Å².